The summed E-state index contributed by atoms with van der Waals surface area (Å²) in [6, 6.07) is 31.4. The van der Waals surface area contributed by atoms with Crippen LogP contribution < -0.4 is 15.1 Å². The Morgan fingerprint density at radius 3 is 2.06 bits per heavy atom. The lowest BCUT2D eigenvalue weighted by atomic mass is 9.79. The second kappa shape index (κ2) is 24.6. The van der Waals surface area contributed by atoms with Crippen LogP contribution in [0.5, 0.6) is 0 Å². The molecule has 4 N–H and O–H groups in total. The van der Waals surface area contributed by atoms with Gasteiger partial charge < -0.3 is 19.7 Å². The summed E-state index contributed by atoms with van der Waals surface area (Å²) < 4.78 is 140. The third kappa shape index (κ3) is 14.3. The minimum Gasteiger partial charge on any atom is -0.748 e. The maximum absolute atomic E-state index is 13.8. The lowest BCUT2D eigenvalue weighted by Crippen LogP contribution is -2.35. The molecular weight excluding hydrogens is 1160 g/mol. The zero-order valence-corrected chi connectivity index (χ0v) is 50.7. The second-order valence-electron chi connectivity index (χ2n) is 22.5. The molecular formula is C63H66N4O14S4. The van der Waals surface area contributed by atoms with Crippen LogP contribution in [0.15, 0.2) is 160 Å². The number of anilines is 2. The molecule has 0 bridgehead atoms. The van der Waals surface area contributed by atoms with Gasteiger partial charge in [-0.3, -0.25) is 23.2 Å². The molecule has 0 aromatic heterocycles. The molecule has 9 rings (SSSR count). The Labute approximate surface area is 497 Å². The van der Waals surface area contributed by atoms with E-state index in [1.165, 1.54) is 24.3 Å². The molecule has 3 aliphatic heterocycles. The molecule has 0 atom stereocenters. The summed E-state index contributed by atoms with van der Waals surface area (Å²) in [5.74, 6) is 4.87. The van der Waals surface area contributed by atoms with Gasteiger partial charge >= 0.3 is 0 Å². The van der Waals surface area contributed by atoms with Crippen LogP contribution in [0.25, 0.3) is 5.57 Å². The van der Waals surface area contributed by atoms with Gasteiger partial charge in [-0.25, -0.2) is 8.42 Å². The molecule has 0 saturated carbocycles. The monoisotopic (exact) mass is 1230 g/mol. The van der Waals surface area contributed by atoms with Crippen LogP contribution in [-0.4, -0.2) is 105 Å². The molecule has 4 aliphatic rings. The first kappa shape index (κ1) is 62.2. The van der Waals surface area contributed by atoms with Crippen molar-refractivity contribution in [2.45, 2.75) is 106 Å². The maximum atomic E-state index is 13.8. The van der Waals surface area contributed by atoms with Crippen molar-refractivity contribution in [3.63, 3.8) is 0 Å². The number of carbonyl (C=O) groups excluding carboxylic acids is 2. The highest BCUT2D eigenvalue weighted by molar-refractivity contribution is 7.86. The van der Waals surface area contributed by atoms with Gasteiger partial charge in [0.05, 0.1) is 43.3 Å². The first-order valence-corrected chi connectivity index (χ1v) is 33.8. The summed E-state index contributed by atoms with van der Waals surface area (Å²) >= 11 is 0. The Kier molecular flexibility index (Phi) is 18.0. The molecule has 2 amide bonds. The van der Waals surface area contributed by atoms with E-state index in [4.69, 9.17) is 0 Å². The number of allylic oxidation sites excluding steroid dienone is 8. The number of rotatable bonds is 20. The summed E-state index contributed by atoms with van der Waals surface area (Å²) in [7, 11) is -18.1. The Balaban J connectivity index is 1.03. The fraction of sp³-hybridized carbons (Fsp3) is 0.317. The van der Waals surface area contributed by atoms with E-state index in [-0.39, 0.29) is 66.9 Å². The standard InChI is InChI=1S/C63H66N4O14S4/c1-62(2)52-40-50(84(76,77)78)27-29-55(52)65(36-10-38-82(70,71)72)57(62)31-25-46-15-9-16-47(26-32-58-63(3,4)53-41-51(85(79,80)81)28-30-56(53)66(58)37-11-39-83(73,74)75)61(46)48-21-18-43(19-22-48)20-33-59(68)64-35-34-60(69)67-42-49-14-6-5-12-44(49)23-24-45-13-7-8-17-54(45)67/h5-8,12-14,17-19,21-22,25-32,40-41H,9-11,15-16,20,33-39,42H2,1-4H3,(H4-,64,68,70,71,72,73,74,75,76,77,78,79,80,81). The molecule has 0 unspecified atom stereocenters. The van der Waals surface area contributed by atoms with Crippen molar-refractivity contribution in [1.82, 2.24) is 5.32 Å². The van der Waals surface area contributed by atoms with Gasteiger partial charge in [0.25, 0.3) is 30.4 Å². The molecule has 0 spiro atoms. The molecule has 5 aromatic rings. The van der Waals surface area contributed by atoms with Crippen molar-refractivity contribution in [2.24, 2.45) is 0 Å². The smallest absolute Gasteiger partial charge is 0.294 e. The summed E-state index contributed by atoms with van der Waals surface area (Å²) in [4.78, 5) is 30.1. The molecule has 3 heterocycles. The molecule has 0 saturated heterocycles. The first-order chi connectivity index (χ1) is 40.0. The molecule has 446 valence electrons. The molecule has 22 heteroatoms. The predicted molar refractivity (Wildman–Crippen MR) is 324 cm³/mol. The Hall–Kier alpha value is -7.33. The van der Waals surface area contributed by atoms with Crippen molar-refractivity contribution in [3.8, 4) is 11.8 Å². The number of benzene rings is 5. The number of hydrogen-bond donors (Lipinski definition) is 4. The van der Waals surface area contributed by atoms with E-state index in [1.807, 2.05) is 134 Å². The van der Waals surface area contributed by atoms with Gasteiger partial charge in [-0.05, 0) is 140 Å². The second-order valence-corrected chi connectivity index (χ2v) is 28.5. The number of fused-ring (bicyclic) bond motifs is 4. The molecule has 0 radical (unpaired) electrons. The molecule has 5 aromatic carbocycles. The van der Waals surface area contributed by atoms with Crippen molar-refractivity contribution >= 4 is 80.6 Å². The number of hydrogen-bond acceptors (Lipinski definition) is 12. The molecule has 0 fully saturated rings. The Bertz CT molecular complexity index is 4230. The highest BCUT2D eigenvalue weighted by atomic mass is 32.2. The average molecular weight is 1230 g/mol. The van der Waals surface area contributed by atoms with E-state index < -0.39 is 62.8 Å². The zero-order valence-electron chi connectivity index (χ0n) is 47.4. The largest absolute Gasteiger partial charge is 0.748 e. The summed E-state index contributed by atoms with van der Waals surface area (Å²) in [5, 5.41) is 2.92. The van der Waals surface area contributed by atoms with Gasteiger partial charge in [0.1, 0.15) is 6.54 Å². The topological polar surface area (TPSA) is 276 Å². The highest BCUT2D eigenvalue weighted by Gasteiger charge is 2.45. The van der Waals surface area contributed by atoms with Crippen LogP contribution >= 0.6 is 0 Å². The van der Waals surface area contributed by atoms with Gasteiger partial charge in [0, 0.05) is 83.7 Å². The molecule has 1 aliphatic carbocycles. The van der Waals surface area contributed by atoms with Crippen molar-refractivity contribution in [1.29, 1.82) is 0 Å². The summed E-state index contributed by atoms with van der Waals surface area (Å²) in [6.45, 7) is 8.21. The van der Waals surface area contributed by atoms with E-state index in [9.17, 15) is 61.5 Å². The van der Waals surface area contributed by atoms with E-state index in [1.54, 1.807) is 17.0 Å². The summed E-state index contributed by atoms with van der Waals surface area (Å²) in [6.07, 6.45) is 10.2. The minimum absolute atomic E-state index is 0.0242. The first-order valence-electron chi connectivity index (χ1n) is 27.7. The van der Waals surface area contributed by atoms with Gasteiger partial charge in [0.15, 0.2) is 5.71 Å². The van der Waals surface area contributed by atoms with E-state index >= 15 is 0 Å². The van der Waals surface area contributed by atoms with E-state index in [0.717, 1.165) is 44.5 Å². The van der Waals surface area contributed by atoms with Crippen LogP contribution in [0.2, 0.25) is 0 Å². The van der Waals surface area contributed by atoms with Gasteiger partial charge in [-0.15, -0.1) is 0 Å². The Morgan fingerprint density at radius 1 is 0.706 bits per heavy atom. The van der Waals surface area contributed by atoms with Crippen LogP contribution in [0.1, 0.15) is 112 Å². The number of amides is 2. The number of aryl methyl sites for hydroxylation is 1. The lowest BCUT2D eigenvalue weighted by Gasteiger charge is -2.27. The number of nitrogens with zero attached hydrogens (tertiary/aromatic N) is 3. The quantitative estimate of drug-likeness (QED) is 0.0321. The minimum atomic E-state index is -4.61. The van der Waals surface area contributed by atoms with Crippen molar-refractivity contribution in [3.05, 3.63) is 189 Å². The Morgan fingerprint density at radius 2 is 1.36 bits per heavy atom. The summed E-state index contributed by atoms with van der Waals surface area (Å²) in [5.41, 5.74) is 9.38. The SMILES string of the molecule is CC1(C)C(/C=C/C2=C(c3ccc(CCC(=O)NCCC(=O)N4Cc5ccccc5C#Cc5ccccc54)cc3)C(=C/C=C3\N(CCCS(=O)(=O)O)c4ccc(S(=O)(=O)O)cc4C3(C)C)/CCC2)=[N+](CCCS(=O)(=O)[O-])c2ccc(S(=O)(=O)O)cc21. The van der Waals surface area contributed by atoms with E-state index in [0.29, 0.717) is 71.8 Å². The number of nitrogens with one attached hydrogen (secondary N) is 1. The predicted octanol–water partition coefficient (Wildman–Crippen LogP) is 8.96. The number of carbonyl (C=O) groups is 2. The fourth-order valence-corrected chi connectivity index (χ4v) is 13.7. The number of para-hydroxylation sites is 1. The zero-order chi connectivity index (χ0) is 61.3. The van der Waals surface area contributed by atoms with Crippen molar-refractivity contribution < 1.29 is 66.0 Å². The van der Waals surface area contributed by atoms with Crippen molar-refractivity contribution in [2.75, 3.05) is 40.9 Å². The molecule has 18 nitrogen and oxygen atoms in total. The fourth-order valence-electron chi connectivity index (χ4n) is 11.7. The van der Waals surface area contributed by atoms with Crippen LogP contribution in [0.4, 0.5) is 17.1 Å². The third-order valence-corrected chi connectivity index (χ3v) is 19.3. The van der Waals surface area contributed by atoms with E-state index in [2.05, 4.69) is 17.2 Å². The lowest BCUT2D eigenvalue weighted by molar-refractivity contribution is -0.437. The van der Waals surface area contributed by atoms with Gasteiger partial charge in [0.2, 0.25) is 17.5 Å². The van der Waals surface area contributed by atoms with Crippen LogP contribution in [-0.2, 0) is 73.9 Å². The normalized spacial score (nSPS) is 17.5. The third-order valence-electron chi connectivity index (χ3n) is 16.0. The van der Waals surface area contributed by atoms with Gasteiger partial charge in [-0.2, -0.15) is 29.8 Å². The van der Waals surface area contributed by atoms with Crippen LogP contribution in [0.3, 0.4) is 0 Å². The average Bonchev–Trinajstić information content (AvgIpc) is 1.90. The highest BCUT2D eigenvalue weighted by Crippen LogP contribution is 2.49. The van der Waals surface area contributed by atoms with Crippen LogP contribution in [0, 0.1) is 11.8 Å². The molecule has 85 heavy (non-hydrogen) atoms. The van der Waals surface area contributed by atoms with Gasteiger partial charge in [-0.1, -0.05) is 92.4 Å². The maximum Gasteiger partial charge on any atom is 0.294 e.